The summed E-state index contributed by atoms with van der Waals surface area (Å²) in [6.45, 7) is 3.26. The zero-order valence-electron chi connectivity index (χ0n) is 8.30. The molecule has 3 heteroatoms. The SMILES string of the molecule is COC(=O)[C@@H]1NC[C@@]12CC[C@H](C)C2. The number of hydrogen-bond acceptors (Lipinski definition) is 3. The number of esters is 1. The van der Waals surface area contributed by atoms with Crippen LogP contribution in [0.4, 0.5) is 0 Å². The minimum Gasteiger partial charge on any atom is -0.468 e. The van der Waals surface area contributed by atoms with Crippen LogP contribution in [-0.2, 0) is 9.53 Å². The molecule has 0 aromatic heterocycles. The molecule has 0 aromatic carbocycles. The third kappa shape index (κ3) is 1.26. The number of nitrogens with one attached hydrogen (secondary N) is 1. The van der Waals surface area contributed by atoms with Gasteiger partial charge in [-0.1, -0.05) is 13.3 Å². The van der Waals surface area contributed by atoms with Crippen LogP contribution in [0.3, 0.4) is 0 Å². The largest absolute Gasteiger partial charge is 0.468 e. The summed E-state index contributed by atoms with van der Waals surface area (Å²) >= 11 is 0. The van der Waals surface area contributed by atoms with Gasteiger partial charge in [0.25, 0.3) is 0 Å². The second-order valence-electron chi connectivity index (χ2n) is 4.55. The number of carbonyl (C=O) groups excluding carboxylic acids is 1. The van der Waals surface area contributed by atoms with Gasteiger partial charge in [0, 0.05) is 12.0 Å². The van der Waals surface area contributed by atoms with Gasteiger partial charge in [-0.2, -0.15) is 0 Å². The van der Waals surface area contributed by atoms with Crippen molar-refractivity contribution in [2.24, 2.45) is 11.3 Å². The first-order valence-electron chi connectivity index (χ1n) is 4.99. The van der Waals surface area contributed by atoms with Crippen LogP contribution in [0, 0.1) is 11.3 Å². The van der Waals surface area contributed by atoms with Crippen LogP contribution in [0.15, 0.2) is 0 Å². The van der Waals surface area contributed by atoms with Crippen molar-refractivity contribution in [1.29, 1.82) is 0 Å². The molecule has 2 aliphatic rings. The minimum atomic E-state index is -0.0830. The summed E-state index contributed by atoms with van der Waals surface area (Å²) in [4.78, 5) is 11.4. The van der Waals surface area contributed by atoms with E-state index in [0.29, 0.717) is 0 Å². The lowest BCUT2D eigenvalue weighted by molar-refractivity contribution is -0.151. The molecule has 1 spiro atoms. The van der Waals surface area contributed by atoms with Crippen molar-refractivity contribution in [3.63, 3.8) is 0 Å². The Balaban J connectivity index is 2.04. The summed E-state index contributed by atoms with van der Waals surface area (Å²) in [5.74, 6) is 0.689. The lowest BCUT2D eigenvalue weighted by Crippen LogP contribution is -2.65. The predicted octanol–water partition coefficient (Wildman–Crippen LogP) is 0.938. The molecule has 1 aliphatic heterocycles. The molecule has 2 rings (SSSR count). The second kappa shape index (κ2) is 2.98. The molecule has 3 atom stereocenters. The number of rotatable bonds is 1. The lowest BCUT2D eigenvalue weighted by Gasteiger charge is -2.46. The molecule has 0 bridgehead atoms. The number of ether oxygens (including phenoxy) is 1. The molecule has 0 amide bonds. The molecule has 1 N–H and O–H groups in total. The summed E-state index contributed by atoms with van der Waals surface area (Å²) in [6, 6.07) is -0.0255. The summed E-state index contributed by atoms with van der Waals surface area (Å²) < 4.78 is 4.77. The van der Waals surface area contributed by atoms with Crippen LogP contribution in [0.25, 0.3) is 0 Å². The number of carbonyl (C=O) groups is 1. The maximum Gasteiger partial charge on any atom is 0.323 e. The Morgan fingerprint density at radius 3 is 2.77 bits per heavy atom. The topological polar surface area (TPSA) is 38.3 Å². The van der Waals surface area contributed by atoms with Gasteiger partial charge in [-0.3, -0.25) is 4.79 Å². The fraction of sp³-hybridized carbons (Fsp3) is 0.900. The van der Waals surface area contributed by atoms with E-state index < -0.39 is 0 Å². The third-order valence-corrected chi connectivity index (χ3v) is 3.60. The van der Waals surface area contributed by atoms with Crippen LogP contribution in [0.1, 0.15) is 26.2 Å². The van der Waals surface area contributed by atoms with E-state index in [1.165, 1.54) is 26.4 Å². The standard InChI is InChI=1S/C10H17NO2/c1-7-3-4-10(5-7)6-11-8(10)9(12)13-2/h7-8,11H,3-6H2,1-2H3/t7-,8-,10-/m0/s1. The summed E-state index contributed by atoms with van der Waals surface area (Å²) in [5.41, 5.74) is 0.243. The van der Waals surface area contributed by atoms with E-state index >= 15 is 0 Å². The Bertz CT molecular complexity index is 229. The van der Waals surface area contributed by atoms with Gasteiger partial charge in [-0.05, 0) is 18.8 Å². The Morgan fingerprint density at radius 2 is 2.38 bits per heavy atom. The van der Waals surface area contributed by atoms with Crippen molar-refractivity contribution in [3.8, 4) is 0 Å². The normalized spacial score (nSPS) is 43.2. The molecule has 1 saturated carbocycles. The van der Waals surface area contributed by atoms with Gasteiger partial charge in [0.1, 0.15) is 6.04 Å². The van der Waals surface area contributed by atoms with Gasteiger partial charge in [-0.15, -0.1) is 0 Å². The first kappa shape index (κ1) is 9.00. The van der Waals surface area contributed by atoms with E-state index in [4.69, 9.17) is 4.74 Å². The quantitative estimate of drug-likeness (QED) is 0.615. The average Bonchev–Trinajstić information content (AvgIpc) is 2.48. The molecule has 74 valence electrons. The van der Waals surface area contributed by atoms with Crippen LogP contribution >= 0.6 is 0 Å². The van der Waals surface area contributed by atoms with Crippen LogP contribution in [0.5, 0.6) is 0 Å². The maximum absolute atomic E-state index is 11.4. The Labute approximate surface area is 78.8 Å². The van der Waals surface area contributed by atoms with Gasteiger partial charge in [0.2, 0.25) is 0 Å². The molecule has 0 aromatic rings. The molecule has 1 heterocycles. The zero-order chi connectivity index (χ0) is 9.47. The molecule has 3 nitrogen and oxygen atoms in total. The Morgan fingerprint density at radius 1 is 1.62 bits per heavy atom. The molecule has 13 heavy (non-hydrogen) atoms. The molecule has 1 aliphatic carbocycles. The van der Waals surface area contributed by atoms with E-state index in [1.54, 1.807) is 0 Å². The average molecular weight is 183 g/mol. The molecular formula is C10H17NO2. The molecule has 0 unspecified atom stereocenters. The third-order valence-electron chi connectivity index (χ3n) is 3.60. The molecule has 0 radical (unpaired) electrons. The van der Waals surface area contributed by atoms with Crippen molar-refractivity contribution in [2.75, 3.05) is 13.7 Å². The van der Waals surface area contributed by atoms with Crippen molar-refractivity contribution >= 4 is 5.97 Å². The van der Waals surface area contributed by atoms with Crippen LogP contribution in [-0.4, -0.2) is 25.7 Å². The van der Waals surface area contributed by atoms with Gasteiger partial charge >= 0.3 is 5.97 Å². The Hall–Kier alpha value is -0.570. The van der Waals surface area contributed by atoms with Crippen molar-refractivity contribution in [3.05, 3.63) is 0 Å². The van der Waals surface area contributed by atoms with Crippen LogP contribution in [0.2, 0.25) is 0 Å². The highest BCUT2D eigenvalue weighted by Crippen LogP contribution is 2.48. The smallest absolute Gasteiger partial charge is 0.323 e. The molecule has 2 fully saturated rings. The minimum absolute atomic E-state index is 0.0255. The fourth-order valence-electron chi connectivity index (χ4n) is 2.80. The van der Waals surface area contributed by atoms with Crippen molar-refractivity contribution in [1.82, 2.24) is 5.32 Å². The highest BCUT2D eigenvalue weighted by atomic mass is 16.5. The van der Waals surface area contributed by atoms with E-state index in [9.17, 15) is 4.79 Å². The first-order valence-corrected chi connectivity index (χ1v) is 4.99. The van der Waals surface area contributed by atoms with Crippen LogP contribution < -0.4 is 5.32 Å². The maximum atomic E-state index is 11.4. The van der Waals surface area contributed by atoms with E-state index in [-0.39, 0.29) is 17.4 Å². The van der Waals surface area contributed by atoms with Gasteiger partial charge in [0.05, 0.1) is 7.11 Å². The second-order valence-corrected chi connectivity index (χ2v) is 4.55. The first-order chi connectivity index (χ1) is 6.18. The van der Waals surface area contributed by atoms with Gasteiger partial charge < -0.3 is 10.1 Å². The fourth-order valence-corrected chi connectivity index (χ4v) is 2.80. The Kier molecular flexibility index (Phi) is 2.06. The number of hydrogen-bond donors (Lipinski definition) is 1. The monoisotopic (exact) mass is 183 g/mol. The van der Waals surface area contributed by atoms with E-state index in [1.807, 2.05) is 0 Å². The van der Waals surface area contributed by atoms with Gasteiger partial charge in [0.15, 0.2) is 0 Å². The number of methoxy groups -OCH3 is 1. The summed E-state index contributed by atoms with van der Waals surface area (Å²) in [7, 11) is 1.47. The van der Waals surface area contributed by atoms with Crippen molar-refractivity contribution in [2.45, 2.75) is 32.2 Å². The lowest BCUT2D eigenvalue weighted by atomic mass is 9.71. The molecule has 1 saturated heterocycles. The molecular weight excluding hydrogens is 166 g/mol. The van der Waals surface area contributed by atoms with E-state index in [0.717, 1.165) is 12.5 Å². The predicted molar refractivity (Wildman–Crippen MR) is 49.3 cm³/mol. The van der Waals surface area contributed by atoms with E-state index in [2.05, 4.69) is 12.2 Å². The highest BCUT2D eigenvalue weighted by molar-refractivity contribution is 5.78. The summed E-state index contributed by atoms with van der Waals surface area (Å²) in [5, 5.41) is 3.17. The highest BCUT2D eigenvalue weighted by Gasteiger charge is 2.53. The summed E-state index contributed by atoms with van der Waals surface area (Å²) in [6.07, 6.45) is 3.62. The van der Waals surface area contributed by atoms with Crippen molar-refractivity contribution < 1.29 is 9.53 Å². The zero-order valence-corrected chi connectivity index (χ0v) is 8.30. The van der Waals surface area contributed by atoms with Gasteiger partial charge in [-0.25, -0.2) is 0 Å².